The number of carbonyl (C=O) groups is 1. The van der Waals surface area contributed by atoms with Crippen LogP contribution in [0.15, 0.2) is 34.3 Å². The van der Waals surface area contributed by atoms with E-state index in [0.29, 0.717) is 11.7 Å². The van der Waals surface area contributed by atoms with Crippen molar-refractivity contribution in [2.24, 2.45) is 5.92 Å². The maximum absolute atomic E-state index is 12.1. The van der Waals surface area contributed by atoms with Crippen LogP contribution >= 0.6 is 23.1 Å². The van der Waals surface area contributed by atoms with Crippen LogP contribution < -0.4 is 5.32 Å². The summed E-state index contributed by atoms with van der Waals surface area (Å²) in [5.41, 5.74) is 2.23. The maximum atomic E-state index is 12.1. The van der Waals surface area contributed by atoms with Gasteiger partial charge in [0.2, 0.25) is 5.91 Å². The van der Waals surface area contributed by atoms with Gasteiger partial charge in [-0.2, -0.15) is 0 Å². The van der Waals surface area contributed by atoms with Gasteiger partial charge in [0.1, 0.15) is 16.9 Å². The number of furan rings is 1. The van der Waals surface area contributed by atoms with E-state index >= 15 is 0 Å². The van der Waals surface area contributed by atoms with Crippen LogP contribution in [0.2, 0.25) is 0 Å². The average Bonchev–Trinajstić information content (AvgIpc) is 3.41. The summed E-state index contributed by atoms with van der Waals surface area (Å²) in [4.78, 5) is 19.2. The second kappa shape index (κ2) is 7.21. The van der Waals surface area contributed by atoms with Crippen molar-refractivity contribution in [2.45, 2.75) is 37.9 Å². The molecule has 0 bridgehead atoms. The molecule has 4 aromatic heterocycles. The van der Waals surface area contributed by atoms with E-state index < -0.39 is 0 Å². The Kier molecular flexibility index (Phi) is 4.56. The molecule has 1 atom stereocenters. The molecule has 1 aliphatic carbocycles. The first-order chi connectivity index (χ1) is 13.7. The number of amides is 1. The van der Waals surface area contributed by atoms with Crippen molar-refractivity contribution in [1.29, 1.82) is 0 Å². The van der Waals surface area contributed by atoms with Crippen molar-refractivity contribution >= 4 is 44.9 Å². The van der Waals surface area contributed by atoms with Crippen molar-refractivity contribution in [3.63, 3.8) is 0 Å². The number of carbonyl (C=O) groups excluding carboxylic acids is 1. The highest BCUT2D eigenvalue weighted by Crippen LogP contribution is 2.39. The lowest BCUT2D eigenvalue weighted by molar-refractivity contribution is -0.118. The highest BCUT2D eigenvalue weighted by Gasteiger charge is 2.24. The fraction of sp³-hybridized carbons (Fsp3) is 0.368. The summed E-state index contributed by atoms with van der Waals surface area (Å²) in [6, 6.07) is 3.63. The monoisotopic (exact) mass is 413 g/mol. The first-order valence-corrected chi connectivity index (χ1v) is 11.0. The number of nitrogens with zero attached hydrogens (tertiary/aromatic N) is 4. The number of thiophene rings is 1. The highest BCUT2D eigenvalue weighted by atomic mass is 32.2. The standard InChI is InChI=1S/C19H19N5O2S2/c1-11-4-5-13-14(7-11)28-18-16(13)17-22-23-19(24(17)10-21-18)27-9-15(25)20-8-12-3-2-6-26-12/h2-3,6,10-11H,4-5,7-9H2,1H3,(H,20,25)/t11-/m1/s1. The number of aromatic nitrogens is 4. The van der Waals surface area contributed by atoms with Gasteiger partial charge < -0.3 is 9.73 Å². The fourth-order valence-electron chi connectivity index (χ4n) is 3.60. The molecule has 0 fully saturated rings. The largest absolute Gasteiger partial charge is 0.467 e. The van der Waals surface area contributed by atoms with E-state index in [4.69, 9.17) is 4.42 Å². The molecule has 5 rings (SSSR count). The molecule has 9 heteroatoms. The zero-order valence-corrected chi connectivity index (χ0v) is 17.0. The summed E-state index contributed by atoms with van der Waals surface area (Å²) in [6.07, 6.45) is 6.75. The molecular weight excluding hydrogens is 394 g/mol. The molecule has 28 heavy (non-hydrogen) atoms. The number of thioether (sulfide) groups is 1. The Morgan fingerprint density at radius 1 is 1.46 bits per heavy atom. The summed E-state index contributed by atoms with van der Waals surface area (Å²) in [6.45, 7) is 2.69. The fourth-order valence-corrected chi connectivity index (χ4v) is 5.68. The normalized spacial score (nSPS) is 16.5. The topological polar surface area (TPSA) is 85.3 Å². The Morgan fingerprint density at radius 2 is 2.39 bits per heavy atom. The summed E-state index contributed by atoms with van der Waals surface area (Å²) in [7, 11) is 0. The number of hydrogen-bond donors (Lipinski definition) is 1. The molecule has 0 saturated carbocycles. The van der Waals surface area contributed by atoms with E-state index in [9.17, 15) is 4.79 Å². The number of nitrogens with one attached hydrogen (secondary N) is 1. The molecule has 0 spiro atoms. The van der Waals surface area contributed by atoms with E-state index in [-0.39, 0.29) is 11.7 Å². The van der Waals surface area contributed by atoms with E-state index in [0.717, 1.165) is 40.4 Å². The first kappa shape index (κ1) is 17.7. The van der Waals surface area contributed by atoms with Crippen LogP contribution in [0.5, 0.6) is 0 Å². The van der Waals surface area contributed by atoms with E-state index in [1.807, 2.05) is 10.5 Å². The van der Waals surface area contributed by atoms with E-state index in [1.165, 1.54) is 28.6 Å². The predicted molar refractivity (Wildman–Crippen MR) is 109 cm³/mol. The summed E-state index contributed by atoms with van der Waals surface area (Å²) < 4.78 is 7.12. The Labute approximate surface area is 169 Å². The molecule has 0 saturated heterocycles. The minimum atomic E-state index is -0.0749. The second-order valence-electron chi connectivity index (χ2n) is 7.10. The van der Waals surface area contributed by atoms with Crippen molar-refractivity contribution < 1.29 is 9.21 Å². The van der Waals surface area contributed by atoms with Crippen molar-refractivity contribution in [3.05, 3.63) is 40.9 Å². The Bertz CT molecular complexity index is 1150. The van der Waals surface area contributed by atoms with Gasteiger partial charge in [-0.15, -0.1) is 21.5 Å². The molecular formula is C19H19N5O2S2. The van der Waals surface area contributed by atoms with Gasteiger partial charge in [0, 0.05) is 4.88 Å². The van der Waals surface area contributed by atoms with Gasteiger partial charge in [0.25, 0.3) is 0 Å². The lowest BCUT2D eigenvalue weighted by Crippen LogP contribution is -2.24. The van der Waals surface area contributed by atoms with Crippen LogP contribution in [0.3, 0.4) is 0 Å². The molecule has 0 unspecified atom stereocenters. The van der Waals surface area contributed by atoms with Gasteiger partial charge in [-0.05, 0) is 42.9 Å². The molecule has 1 amide bonds. The van der Waals surface area contributed by atoms with Crippen molar-refractivity contribution in [3.8, 4) is 0 Å². The molecule has 4 aromatic rings. The second-order valence-corrected chi connectivity index (χ2v) is 9.12. The lowest BCUT2D eigenvalue weighted by atomic mass is 9.89. The van der Waals surface area contributed by atoms with Gasteiger partial charge in [-0.1, -0.05) is 18.7 Å². The molecule has 144 valence electrons. The van der Waals surface area contributed by atoms with Crippen molar-refractivity contribution in [1.82, 2.24) is 24.9 Å². The van der Waals surface area contributed by atoms with Crippen LogP contribution in [0.25, 0.3) is 15.9 Å². The molecule has 1 aliphatic rings. The Morgan fingerprint density at radius 3 is 3.25 bits per heavy atom. The van der Waals surface area contributed by atoms with Gasteiger partial charge >= 0.3 is 0 Å². The third-order valence-electron chi connectivity index (χ3n) is 5.04. The smallest absolute Gasteiger partial charge is 0.230 e. The van der Waals surface area contributed by atoms with Gasteiger partial charge in [-0.25, -0.2) is 4.98 Å². The Balaban J connectivity index is 1.36. The van der Waals surface area contributed by atoms with Crippen LogP contribution in [0.1, 0.15) is 29.5 Å². The maximum Gasteiger partial charge on any atom is 0.230 e. The molecule has 7 nitrogen and oxygen atoms in total. The van der Waals surface area contributed by atoms with E-state index in [1.54, 1.807) is 30.0 Å². The number of rotatable bonds is 5. The van der Waals surface area contributed by atoms with E-state index in [2.05, 4.69) is 27.4 Å². The average molecular weight is 414 g/mol. The summed E-state index contributed by atoms with van der Waals surface area (Å²) in [5.74, 6) is 1.64. The van der Waals surface area contributed by atoms with Crippen LogP contribution in [0.4, 0.5) is 0 Å². The van der Waals surface area contributed by atoms with Gasteiger partial charge in [0.05, 0.1) is 23.9 Å². The van der Waals surface area contributed by atoms with Gasteiger partial charge in [0.15, 0.2) is 10.8 Å². The first-order valence-electron chi connectivity index (χ1n) is 9.25. The lowest BCUT2D eigenvalue weighted by Gasteiger charge is -2.17. The molecule has 4 heterocycles. The quantitative estimate of drug-likeness (QED) is 0.504. The van der Waals surface area contributed by atoms with Crippen molar-refractivity contribution in [2.75, 3.05) is 5.75 Å². The SMILES string of the molecule is C[C@@H]1CCc2c(sc3ncn4c(SCC(=O)NCc5ccco5)nnc4c23)C1. The van der Waals surface area contributed by atoms with Crippen LogP contribution in [0, 0.1) is 5.92 Å². The van der Waals surface area contributed by atoms with Crippen LogP contribution in [-0.2, 0) is 24.2 Å². The third-order valence-corrected chi connectivity index (χ3v) is 7.15. The number of aryl methyl sites for hydroxylation is 1. The molecule has 0 aliphatic heterocycles. The third kappa shape index (κ3) is 3.18. The van der Waals surface area contributed by atoms with Gasteiger partial charge in [-0.3, -0.25) is 9.20 Å². The molecule has 0 aromatic carbocycles. The number of hydrogen-bond acceptors (Lipinski definition) is 7. The minimum absolute atomic E-state index is 0.0749. The van der Waals surface area contributed by atoms with Crippen LogP contribution in [-0.4, -0.2) is 31.2 Å². The number of fused-ring (bicyclic) bond motifs is 5. The summed E-state index contributed by atoms with van der Waals surface area (Å²) >= 11 is 3.14. The highest BCUT2D eigenvalue weighted by molar-refractivity contribution is 7.99. The zero-order chi connectivity index (χ0) is 19.1. The minimum Gasteiger partial charge on any atom is -0.467 e. The molecule has 1 N–H and O–H groups in total. The summed E-state index contributed by atoms with van der Waals surface area (Å²) in [5, 5.41) is 13.4. The Hall–Kier alpha value is -2.39. The molecule has 0 radical (unpaired) electrons. The zero-order valence-electron chi connectivity index (χ0n) is 15.3. The predicted octanol–water partition coefficient (Wildman–Crippen LogP) is 3.47.